The van der Waals surface area contributed by atoms with Gasteiger partial charge in [0.2, 0.25) is 0 Å². The van der Waals surface area contributed by atoms with Crippen LogP contribution in [0.1, 0.15) is 5.56 Å². The molecular weight excluding hydrogens is 298 g/mol. The van der Waals surface area contributed by atoms with Crippen LogP contribution in [0.15, 0.2) is 84.9 Å². The smallest absolute Gasteiger partial charge is 0.122 e. The fraction of sp³-hybridized carbons (Fsp3) is 0.143. The molecule has 3 nitrogen and oxygen atoms in total. The quantitative estimate of drug-likeness (QED) is 0.607. The third kappa shape index (κ3) is 5.06. The van der Waals surface area contributed by atoms with Gasteiger partial charge in [-0.1, -0.05) is 48.5 Å². The molecule has 0 aliphatic rings. The Kier molecular flexibility index (Phi) is 5.73. The van der Waals surface area contributed by atoms with E-state index in [0.29, 0.717) is 13.2 Å². The fourth-order valence-corrected chi connectivity index (χ4v) is 2.30. The van der Waals surface area contributed by atoms with Gasteiger partial charge in [0.25, 0.3) is 0 Å². The van der Waals surface area contributed by atoms with Gasteiger partial charge in [0.05, 0.1) is 0 Å². The first-order valence-corrected chi connectivity index (χ1v) is 8.09. The second kappa shape index (κ2) is 8.63. The van der Waals surface area contributed by atoms with Crippen LogP contribution in [0.2, 0.25) is 0 Å². The van der Waals surface area contributed by atoms with Crippen LogP contribution in [0.25, 0.3) is 0 Å². The highest BCUT2D eigenvalue weighted by Gasteiger charge is 1.97. The lowest BCUT2D eigenvalue weighted by Gasteiger charge is -2.10. The molecule has 1 N–H and O–H groups in total. The standard InChI is InChI=1S/C21H21NO2/c1-3-7-18(8-4-1)17-22-19-11-13-21(14-12-19)24-16-15-23-20-9-5-2-6-10-20/h1-14,22H,15-17H2. The fourth-order valence-electron chi connectivity index (χ4n) is 2.30. The molecule has 3 rings (SSSR count). The summed E-state index contributed by atoms with van der Waals surface area (Å²) in [5.74, 6) is 1.71. The highest BCUT2D eigenvalue weighted by Crippen LogP contribution is 2.16. The summed E-state index contributed by atoms with van der Waals surface area (Å²) in [7, 11) is 0. The summed E-state index contributed by atoms with van der Waals surface area (Å²) in [6.45, 7) is 1.86. The first-order chi connectivity index (χ1) is 11.9. The zero-order valence-corrected chi connectivity index (χ0v) is 13.5. The molecule has 0 bridgehead atoms. The molecular formula is C21H21NO2. The Morgan fingerprint density at radius 1 is 0.583 bits per heavy atom. The molecule has 0 amide bonds. The van der Waals surface area contributed by atoms with Gasteiger partial charge in [-0.15, -0.1) is 0 Å². The molecule has 3 heteroatoms. The van der Waals surface area contributed by atoms with E-state index in [1.165, 1.54) is 5.56 Å². The van der Waals surface area contributed by atoms with Gasteiger partial charge in [-0.05, 0) is 42.0 Å². The Morgan fingerprint density at radius 3 is 1.75 bits per heavy atom. The maximum absolute atomic E-state index is 5.69. The SMILES string of the molecule is c1ccc(CNc2ccc(OCCOc3ccccc3)cc2)cc1. The zero-order valence-electron chi connectivity index (χ0n) is 13.5. The average molecular weight is 319 g/mol. The van der Waals surface area contributed by atoms with E-state index < -0.39 is 0 Å². The number of benzene rings is 3. The Balaban J connectivity index is 1.40. The molecule has 0 heterocycles. The molecule has 0 aliphatic heterocycles. The zero-order chi connectivity index (χ0) is 16.5. The van der Waals surface area contributed by atoms with Crippen LogP contribution in [0, 0.1) is 0 Å². The molecule has 24 heavy (non-hydrogen) atoms. The van der Waals surface area contributed by atoms with E-state index >= 15 is 0 Å². The number of anilines is 1. The van der Waals surface area contributed by atoms with E-state index in [-0.39, 0.29) is 0 Å². The molecule has 3 aromatic carbocycles. The van der Waals surface area contributed by atoms with Gasteiger partial charge in [-0.2, -0.15) is 0 Å². The van der Waals surface area contributed by atoms with Crippen LogP contribution >= 0.6 is 0 Å². The van der Waals surface area contributed by atoms with Crippen molar-refractivity contribution in [3.05, 3.63) is 90.5 Å². The van der Waals surface area contributed by atoms with E-state index in [1.54, 1.807) is 0 Å². The lowest BCUT2D eigenvalue weighted by molar-refractivity contribution is 0.217. The van der Waals surface area contributed by atoms with Gasteiger partial charge in [0, 0.05) is 12.2 Å². The number of nitrogens with one attached hydrogen (secondary N) is 1. The summed E-state index contributed by atoms with van der Waals surface area (Å²) >= 11 is 0. The van der Waals surface area contributed by atoms with Crippen molar-refractivity contribution in [3.63, 3.8) is 0 Å². The summed E-state index contributed by atoms with van der Waals surface area (Å²) in [4.78, 5) is 0. The lowest BCUT2D eigenvalue weighted by Crippen LogP contribution is -2.08. The normalized spacial score (nSPS) is 10.2. The minimum Gasteiger partial charge on any atom is -0.490 e. The second-order valence-electron chi connectivity index (χ2n) is 5.37. The number of ether oxygens (including phenoxy) is 2. The van der Waals surface area contributed by atoms with Crippen LogP contribution in [0.5, 0.6) is 11.5 Å². The van der Waals surface area contributed by atoms with E-state index in [4.69, 9.17) is 9.47 Å². The number of hydrogen-bond donors (Lipinski definition) is 1. The highest BCUT2D eigenvalue weighted by molar-refractivity contribution is 5.46. The maximum atomic E-state index is 5.69. The summed E-state index contributed by atoms with van der Waals surface area (Å²) in [5.41, 5.74) is 2.34. The van der Waals surface area contributed by atoms with Gasteiger partial charge in [0.1, 0.15) is 24.7 Å². The van der Waals surface area contributed by atoms with Crippen molar-refractivity contribution in [2.45, 2.75) is 6.54 Å². The molecule has 122 valence electrons. The average Bonchev–Trinajstić information content (AvgIpc) is 2.66. The third-order valence-electron chi connectivity index (χ3n) is 3.56. The van der Waals surface area contributed by atoms with Crippen LogP contribution in [0.4, 0.5) is 5.69 Å². The van der Waals surface area contributed by atoms with Crippen LogP contribution in [-0.2, 0) is 6.54 Å². The third-order valence-corrected chi connectivity index (χ3v) is 3.56. The van der Waals surface area contributed by atoms with E-state index in [0.717, 1.165) is 23.7 Å². The monoisotopic (exact) mass is 319 g/mol. The van der Waals surface area contributed by atoms with Crippen LogP contribution in [0.3, 0.4) is 0 Å². The lowest BCUT2D eigenvalue weighted by atomic mass is 10.2. The van der Waals surface area contributed by atoms with Gasteiger partial charge >= 0.3 is 0 Å². The van der Waals surface area contributed by atoms with E-state index in [2.05, 4.69) is 17.4 Å². The minimum atomic E-state index is 0.520. The molecule has 0 atom stereocenters. The first-order valence-electron chi connectivity index (χ1n) is 8.09. The van der Waals surface area contributed by atoms with Gasteiger partial charge < -0.3 is 14.8 Å². The molecule has 0 fully saturated rings. The van der Waals surface area contributed by atoms with Gasteiger partial charge in [-0.3, -0.25) is 0 Å². The van der Waals surface area contributed by atoms with Crippen LogP contribution in [-0.4, -0.2) is 13.2 Å². The minimum absolute atomic E-state index is 0.520. The molecule has 3 aromatic rings. The molecule has 0 spiro atoms. The van der Waals surface area contributed by atoms with Gasteiger partial charge in [-0.25, -0.2) is 0 Å². The number of para-hydroxylation sites is 1. The second-order valence-corrected chi connectivity index (χ2v) is 5.37. The number of hydrogen-bond acceptors (Lipinski definition) is 3. The molecule has 0 unspecified atom stereocenters. The van der Waals surface area contributed by atoms with Crippen LogP contribution < -0.4 is 14.8 Å². The van der Waals surface area contributed by atoms with E-state index in [9.17, 15) is 0 Å². The predicted molar refractivity (Wildman–Crippen MR) is 97.6 cm³/mol. The Morgan fingerprint density at radius 2 is 1.12 bits per heavy atom. The summed E-state index contributed by atoms with van der Waals surface area (Å²) in [6.07, 6.45) is 0. The largest absolute Gasteiger partial charge is 0.490 e. The summed E-state index contributed by atoms with van der Waals surface area (Å²) in [6, 6.07) is 28.1. The summed E-state index contributed by atoms with van der Waals surface area (Å²) < 4.78 is 11.3. The van der Waals surface area contributed by atoms with E-state index in [1.807, 2.05) is 72.8 Å². The molecule has 0 radical (unpaired) electrons. The van der Waals surface area contributed by atoms with Crippen molar-refractivity contribution in [1.82, 2.24) is 0 Å². The van der Waals surface area contributed by atoms with Crippen molar-refractivity contribution in [1.29, 1.82) is 0 Å². The van der Waals surface area contributed by atoms with Crippen molar-refractivity contribution < 1.29 is 9.47 Å². The highest BCUT2D eigenvalue weighted by atomic mass is 16.5. The number of rotatable bonds is 8. The molecule has 0 aliphatic carbocycles. The van der Waals surface area contributed by atoms with Crippen molar-refractivity contribution >= 4 is 5.69 Å². The Hall–Kier alpha value is -2.94. The van der Waals surface area contributed by atoms with Gasteiger partial charge in [0.15, 0.2) is 0 Å². The van der Waals surface area contributed by atoms with Crippen molar-refractivity contribution in [2.75, 3.05) is 18.5 Å². The Labute approximate surface area is 142 Å². The van der Waals surface area contributed by atoms with Crippen molar-refractivity contribution in [3.8, 4) is 11.5 Å². The predicted octanol–water partition coefficient (Wildman–Crippen LogP) is 4.76. The summed E-state index contributed by atoms with van der Waals surface area (Å²) in [5, 5.41) is 3.40. The topological polar surface area (TPSA) is 30.5 Å². The molecule has 0 aromatic heterocycles. The first kappa shape index (κ1) is 15.9. The molecule has 0 saturated heterocycles. The Bertz CT molecular complexity index is 712. The molecule has 0 saturated carbocycles. The van der Waals surface area contributed by atoms with Crippen molar-refractivity contribution in [2.24, 2.45) is 0 Å². The maximum Gasteiger partial charge on any atom is 0.122 e.